The van der Waals surface area contributed by atoms with Crippen LogP contribution in [0.25, 0.3) is 0 Å². The van der Waals surface area contributed by atoms with E-state index < -0.39 is 0 Å². The van der Waals surface area contributed by atoms with Gasteiger partial charge in [0.2, 0.25) is 11.8 Å². The molecule has 260 valence electrons. The summed E-state index contributed by atoms with van der Waals surface area (Å²) in [4.78, 5) is 34.7. The van der Waals surface area contributed by atoms with Gasteiger partial charge in [-0.05, 0) is 19.0 Å². The van der Waals surface area contributed by atoms with E-state index >= 15 is 0 Å². The van der Waals surface area contributed by atoms with Gasteiger partial charge < -0.3 is 53.8 Å². The van der Waals surface area contributed by atoms with Crippen LogP contribution in [0.4, 0.5) is 0 Å². The minimum atomic E-state index is -0.245. The first-order valence-corrected chi connectivity index (χ1v) is 15.5. The molecule has 0 saturated heterocycles. The fourth-order valence-corrected chi connectivity index (χ4v) is 2.86. The van der Waals surface area contributed by atoms with E-state index in [9.17, 15) is 14.4 Å². The number of likely N-dealkylation sites (N-methyl/N-ethyl adjacent to an activating group) is 1. The molecule has 0 aliphatic heterocycles. The molecule has 0 aliphatic rings. The number of carbonyl (C=O) groups excluding carboxylic acids is 3. The van der Waals surface area contributed by atoms with Gasteiger partial charge in [0, 0.05) is 32.6 Å². The van der Waals surface area contributed by atoms with Crippen LogP contribution in [-0.4, -0.2) is 155 Å². The van der Waals surface area contributed by atoms with Crippen LogP contribution in [0, 0.1) is 0 Å². The SMILES string of the molecule is CCCCNC(=O)CCOCCOCCOCCOCCOCCOCCOCCOCCN(C)C(=O)/C=C\C=O.CCN. The summed E-state index contributed by atoms with van der Waals surface area (Å²) in [6, 6.07) is 0. The quantitative estimate of drug-likeness (QED) is 0.0600. The van der Waals surface area contributed by atoms with Gasteiger partial charge in [-0.1, -0.05) is 20.3 Å². The van der Waals surface area contributed by atoms with Gasteiger partial charge in [-0.15, -0.1) is 0 Å². The molecule has 14 heteroatoms. The van der Waals surface area contributed by atoms with Crippen molar-refractivity contribution in [1.29, 1.82) is 0 Å². The third-order valence-electron chi connectivity index (χ3n) is 5.19. The number of unbranched alkanes of at least 4 members (excludes halogenated alkanes) is 1. The molecule has 0 bridgehead atoms. The van der Waals surface area contributed by atoms with E-state index in [0.29, 0.717) is 125 Å². The van der Waals surface area contributed by atoms with Crippen LogP contribution in [0.15, 0.2) is 12.2 Å². The Hall–Kier alpha value is -2.01. The number of allylic oxidation sites excluding steroid dienone is 1. The molecule has 0 aromatic heterocycles. The predicted octanol–water partition coefficient (Wildman–Crippen LogP) is 0.604. The molecule has 0 unspecified atom stereocenters. The molecule has 14 nitrogen and oxygen atoms in total. The standard InChI is InChI=1S/C28H52N2O11.C2H7N/c1-3-4-8-29-27(32)7-11-34-13-15-36-17-19-38-21-23-40-25-26-41-24-22-39-20-18-37-16-14-35-12-9-30(2)28(33)6-5-10-31;1-2-3/h5-6,10H,3-4,7-9,11-26H2,1-2H3,(H,29,32);2-3H2,1H3/b6-5-;. The predicted molar refractivity (Wildman–Crippen MR) is 167 cm³/mol. The number of hydrogen-bond acceptors (Lipinski definition) is 12. The summed E-state index contributed by atoms with van der Waals surface area (Å²) in [7, 11) is 1.64. The zero-order chi connectivity index (χ0) is 32.8. The van der Waals surface area contributed by atoms with Gasteiger partial charge in [-0.25, -0.2) is 0 Å². The molecule has 44 heavy (non-hydrogen) atoms. The Labute approximate surface area is 264 Å². The molecule has 0 rings (SSSR count). The van der Waals surface area contributed by atoms with E-state index in [1.165, 1.54) is 11.0 Å². The van der Waals surface area contributed by atoms with Gasteiger partial charge in [-0.2, -0.15) is 0 Å². The lowest BCUT2D eigenvalue weighted by Gasteiger charge is -2.14. The van der Waals surface area contributed by atoms with Crippen molar-refractivity contribution in [2.75, 3.05) is 132 Å². The normalized spacial score (nSPS) is 10.9. The smallest absolute Gasteiger partial charge is 0.246 e. The van der Waals surface area contributed by atoms with Crippen molar-refractivity contribution in [2.24, 2.45) is 5.73 Å². The maximum absolute atomic E-state index is 11.6. The van der Waals surface area contributed by atoms with Crippen molar-refractivity contribution < 1.29 is 52.3 Å². The van der Waals surface area contributed by atoms with Crippen LogP contribution >= 0.6 is 0 Å². The first kappa shape index (κ1) is 44.1. The summed E-state index contributed by atoms with van der Waals surface area (Å²) in [6.45, 7) is 13.2. The Morgan fingerprint density at radius 1 is 0.659 bits per heavy atom. The van der Waals surface area contributed by atoms with E-state index in [2.05, 4.69) is 12.2 Å². The maximum atomic E-state index is 11.6. The maximum Gasteiger partial charge on any atom is 0.246 e. The van der Waals surface area contributed by atoms with Gasteiger partial charge in [0.1, 0.15) is 6.29 Å². The highest BCUT2D eigenvalue weighted by Crippen LogP contribution is 1.90. The Morgan fingerprint density at radius 2 is 1.02 bits per heavy atom. The van der Waals surface area contributed by atoms with Gasteiger partial charge in [0.25, 0.3) is 0 Å². The summed E-state index contributed by atoms with van der Waals surface area (Å²) in [5.41, 5.74) is 4.85. The second-order valence-electron chi connectivity index (χ2n) is 9.02. The third kappa shape index (κ3) is 38.0. The highest BCUT2D eigenvalue weighted by Gasteiger charge is 2.04. The summed E-state index contributed by atoms with van der Waals surface area (Å²) in [5, 5.41) is 2.85. The highest BCUT2D eigenvalue weighted by molar-refractivity contribution is 5.90. The summed E-state index contributed by atoms with van der Waals surface area (Å²) >= 11 is 0. The molecule has 0 aliphatic carbocycles. The second kappa shape index (κ2) is 39.0. The third-order valence-corrected chi connectivity index (χ3v) is 5.19. The van der Waals surface area contributed by atoms with Crippen LogP contribution in [0.3, 0.4) is 0 Å². The van der Waals surface area contributed by atoms with Crippen LogP contribution in [0.1, 0.15) is 33.1 Å². The molecule has 0 aromatic rings. The van der Waals surface area contributed by atoms with E-state index in [1.807, 2.05) is 6.92 Å². The number of rotatable bonds is 32. The second-order valence-corrected chi connectivity index (χ2v) is 9.02. The molecule has 3 N–H and O–H groups in total. The Morgan fingerprint density at radius 3 is 1.39 bits per heavy atom. The molecule has 0 atom stereocenters. The average Bonchev–Trinajstić information content (AvgIpc) is 3.01. The Balaban J connectivity index is 0. The van der Waals surface area contributed by atoms with Gasteiger partial charge in [-0.3, -0.25) is 14.4 Å². The number of nitrogens with one attached hydrogen (secondary N) is 1. The summed E-state index contributed by atoms with van der Waals surface area (Å²) in [6.07, 6.45) is 5.37. The summed E-state index contributed by atoms with van der Waals surface area (Å²) in [5.74, 6) is -0.223. The molecule has 0 heterocycles. The van der Waals surface area contributed by atoms with Gasteiger partial charge >= 0.3 is 0 Å². The van der Waals surface area contributed by atoms with Crippen LogP contribution in [-0.2, 0) is 52.3 Å². The molecule has 0 radical (unpaired) electrons. The molecule has 0 spiro atoms. The first-order valence-electron chi connectivity index (χ1n) is 15.5. The molecule has 0 fully saturated rings. The Kier molecular flexibility index (Phi) is 39.1. The van der Waals surface area contributed by atoms with E-state index in [0.717, 1.165) is 32.0 Å². The van der Waals surface area contributed by atoms with Crippen molar-refractivity contribution in [3.05, 3.63) is 12.2 Å². The minimum absolute atomic E-state index is 0.0217. The van der Waals surface area contributed by atoms with Crippen LogP contribution < -0.4 is 11.1 Å². The number of hydrogen-bond donors (Lipinski definition) is 2. The molecular weight excluding hydrogens is 578 g/mol. The molecule has 0 aromatic carbocycles. The van der Waals surface area contributed by atoms with Crippen molar-refractivity contribution in [1.82, 2.24) is 10.2 Å². The largest absolute Gasteiger partial charge is 0.379 e. The van der Waals surface area contributed by atoms with E-state index in [-0.39, 0.29) is 11.8 Å². The number of amides is 2. The van der Waals surface area contributed by atoms with Gasteiger partial charge in [0.15, 0.2) is 0 Å². The zero-order valence-electron chi connectivity index (χ0n) is 27.3. The number of nitrogens with two attached hydrogens (primary N) is 1. The fraction of sp³-hybridized carbons (Fsp3) is 0.833. The number of ether oxygens (including phenoxy) is 8. The van der Waals surface area contributed by atoms with E-state index in [4.69, 9.17) is 43.6 Å². The monoisotopic (exact) mass is 637 g/mol. The molecule has 0 saturated carbocycles. The van der Waals surface area contributed by atoms with E-state index in [1.54, 1.807) is 7.05 Å². The van der Waals surface area contributed by atoms with Crippen molar-refractivity contribution >= 4 is 18.1 Å². The molecule has 2 amide bonds. The lowest BCUT2D eigenvalue weighted by atomic mass is 10.3. The molecular formula is C30H59N3O11. The summed E-state index contributed by atoms with van der Waals surface area (Å²) < 4.78 is 43.4. The number of aldehydes is 1. The minimum Gasteiger partial charge on any atom is -0.379 e. The highest BCUT2D eigenvalue weighted by atomic mass is 16.6. The number of carbonyl (C=O) groups is 3. The van der Waals surface area contributed by atoms with Crippen LogP contribution in [0.5, 0.6) is 0 Å². The Bertz CT molecular complexity index is 658. The lowest BCUT2D eigenvalue weighted by Crippen LogP contribution is -2.29. The van der Waals surface area contributed by atoms with Crippen molar-refractivity contribution in [2.45, 2.75) is 33.1 Å². The number of nitrogens with zero attached hydrogens (tertiary/aromatic N) is 1. The van der Waals surface area contributed by atoms with Crippen molar-refractivity contribution in [3.8, 4) is 0 Å². The first-order chi connectivity index (χ1) is 21.5. The van der Waals surface area contributed by atoms with Crippen LogP contribution in [0.2, 0.25) is 0 Å². The van der Waals surface area contributed by atoms with Crippen molar-refractivity contribution in [3.63, 3.8) is 0 Å². The topological polar surface area (TPSA) is 166 Å². The van der Waals surface area contributed by atoms with Gasteiger partial charge in [0.05, 0.1) is 106 Å². The average molecular weight is 638 g/mol. The zero-order valence-corrected chi connectivity index (χ0v) is 27.3. The lowest BCUT2D eigenvalue weighted by molar-refractivity contribution is -0.125. The fourth-order valence-electron chi connectivity index (χ4n) is 2.86.